The minimum absolute atomic E-state index is 0.123. The van der Waals surface area contributed by atoms with E-state index in [4.69, 9.17) is 4.74 Å². The van der Waals surface area contributed by atoms with Crippen molar-refractivity contribution in [2.75, 3.05) is 27.0 Å². The molecule has 0 radical (unpaired) electrons. The number of aryl methyl sites for hydroxylation is 1. The molecule has 4 aromatic rings. The summed E-state index contributed by atoms with van der Waals surface area (Å²) in [6, 6.07) is 20.8. The van der Waals surface area contributed by atoms with Gasteiger partial charge in [0.2, 0.25) is 0 Å². The fourth-order valence-corrected chi connectivity index (χ4v) is 6.59. The average molecular weight is 665 g/mol. The lowest BCUT2D eigenvalue weighted by molar-refractivity contribution is 0.0784. The van der Waals surface area contributed by atoms with E-state index in [1.54, 1.807) is 14.2 Å². The molecule has 0 aliphatic heterocycles. The molecule has 4 rings (SSSR count). The molecule has 3 N–H and O–H groups in total. The molecule has 0 fully saturated rings. The molecule has 12 heteroatoms. The largest absolute Gasteiger partial charge is 0.497 e. The van der Waals surface area contributed by atoms with Crippen molar-refractivity contribution >= 4 is 33.0 Å². The topological polar surface area (TPSA) is 138 Å². The molecule has 0 spiro atoms. The summed E-state index contributed by atoms with van der Waals surface area (Å²) in [6.45, 7) is 2.81. The van der Waals surface area contributed by atoms with Gasteiger partial charge in [-0.25, -0.2) is 13.4 Å². The molecular weight excluding hydrogens is 625 g/mol. The maximum Gasteiger partial charge on any atom is 0.254 e. The van der Waals surface area contributed by atoms with Crippen LogP contribution in [0.4, 0.5) is 0 Å². The first kappa shape index (κ1) is 34.8. The number of nitrogens with zero attached hydrogens (tertiary/aromatic N) is 2. The van der Waals surface area contributed by atoms with E-state index in [1.807, 2.05) is 66.9 Å². The zero-order valence-corrected chi connectivity index (χ0v) is 28.0. The second-order valence-electron chi connectivity index (χ2n) is 11.4. The Balaban J connectivity index is 1.55. The van der Waals surface area contributed by atoms with Crippen molar-refractivity contribution in [3.05, 3.63) is 117 Å². The summed E-state index contributed by atoms with van der Waals surface area (Å²) in [5.41, 5.74) is 3.38. The Morgan fingerprint density at radius 1 is 1.00 bits per heavy atom. The zero-order valence-electron chi connectivity index (χ0n) is 26.4. The van der Waals surface area contributed by atoms with Crippen molar-refractivity contribution in [1.29, 1.82) is 0 Å². The molecule has 10 nitrogen and oxygen atoms in total. The first-order chi connectivity index (χ1) is 21.9. The maximum atomic E-state index is 13.7. The van der Waals surface area contributed by atoms with E-state index < -0.39 is 27.9 Å². The smallest absolute Gasteiger partial charge is 0.254 e. The van der Waals surface area contributed by atoms with Crippen LogP contribution in [0.25, 0.3) is 0 Å². The van der Waals surface area contributed by atoms with Crippen LogP contribution in [-0.2, 0) is 35.1 Å². The van der Waals surface area contributed by atoms with E-state index in [0.29, 0.717) is 18.5 Å². The number of aliphatic hydroxyl groups is 1. The summed E-state index contributed by atoms with van der Waals surface area (Å²) in [7, 11) is -0.231. The van der Waals surface area contributed by atoms with Gasteiger partial charge in [0.25, 0.3) is 11.8 Å². The highest BCUT2D eigenvalue weighted by Crippen LogP contribution is 2.19. The van der Waals surface area contributed by atoms with Crippen molar-refractivity contribution in [2.24, 2.45) is 0 Å². The molecule has 0 unspecified atom stereocenters. The molecule has 0 aliphatic carbocycles. The van der Waals surface area contributed by atoms with Crippen LogP contribution in [0.1, 0.15) is 48.1 Å². The third-order valence-corrected chi connectivity index (χ3v) is 9.02. The molecule has 0 bridgehead atoms. The number of carbonyl (C=O) groups excluding carboxylic acids is 2. The Labute approximate surface area is 274 Å². The van der Waals surface area contributed by atoms with Crippen molar-refractivity contribution in [2.45, 2.75) is 44.3 Å². The minimum Gasteiger partial charge on any atom is -0.497 e. The van der Waals surface area contributed by atoms with Crippen LogP contribution in [-0.4, -0.2) is 74.3 Å². The van der Waals surface area contributed by atoms with E-state index in [9.17, 15) is 23.1 Å². The third kappa shape index (κ3) is 10.5. The Kier molecular flexibility index (Phi) is 12.1. The number of nitrogens with one attached hydrogen (secondary N) is 2. The van der Waals surface area contributed by atoms with Crippen LogP contribution in [0.5, 0.6) is 5.75 Å². The second kappa shape index (κ2) is 15.9. The molecular formula is C34H40N4O6S2. The number of aromatic nitrogens is 1. The monoisotopic (exact) mass is 664 g/mol. The highest BCUT2D eigenvalue weighted by atomic mass is 32.2. The first-order valence-electron chi connectivity index (χ1n) is 14.7. The number of methoxy groups -OCH3 is 1. The minimum atomic E-state index is -3.46. The van der Waals surface area contributed by atoms with Crippen LogP contribution in [0.2, 0.25) is 0 Å². The predicted octanol–water partition coefficient (Wildman–Crippen LogP) is 3.77. The molecule has 0 saturated carbocycles. The molecule has 0 aliphatic rings. The van der Waals surface area contributed by atoms with Crippen molar-refractivity contribution < 1.29 is 27.9 Å². The van der Waals surface area contributed by atoms with Gasteiger partial charge in [0.05, 0.1) is 31.6 Å². The number of rotatable bonds is 15. The van der Waals surface area contributed by atoms with Crippen molar-refractivity contribution in [3.8, 4) is 5.75 Å². The molecule has 1 heterocycles. The molecule has 1 aromatic heterocycles. The van der Waals surface area contributed by atoms with Gasteiger partial charge >= 0.3 is 0 Å². The fraction of sp³-hybridized carbons (Fsp3) is 0.324. The van der Waals surface area contributed by atoms with Crippen LogP contribution in [0, 0.1) is 6.92 Å². The van der Waals surface area contributed by atoms with Crippen molar-refractivity contribution in [3.63, 3.8) is 0 Å². The summed E-state index contributed by atoms with van der Waals surface area (Å²) in [6.07, 6.45) is 0.477. The number of amides is 2. The normalized spacial score (nSPS) is 12.7. The lowest BCUT2D eigenvalue weighted by Gasteiger charge is -2.25. The van der Waals surface area contributed by atoms with E-state index in [0.717, 1.165) is 33.8 Å². The van der Waals surface area contributed by atoms with Crippen molar-refractivity contribution in [1.82, 2.24) is 20.5 Å². The summed E-state index contributed by atoms with van der Waals surface area (Å²) in [4.78, 5) is 33.1. The Bertz CT molecular complexity index is 1740. The van der Waals surface area contributed by atoms with Crippen LogP contribution >= 0.6 is 11.3 Å². The third-order valence-electron chi connectivity index (χ3n) is 7.21. The number of carbonyl (C=O) groups is 2. The van der Waals surface area contributed by atoms with Gasteiger partial charge in [-0.2, -0.15) is 0 Å². The lowest BCUT2D eigenvalue weighted by Crippen LogP contribution is -2.48. The fourth-order valence-electron chi connectivity index (χ4n) is 5.00. The summed E-state index contributed by atoms with van der Waals surface area (Å²) >= 11 is 1.44. The maximum absolute atomic E-state index is 13.7. The average Bonchev–Trinajstić information content (AvgIpc) is 3.43. The van der Waals surface area contributed by atoms with Gasteiger partial charge < -0.3 is 25.4 Å². The second-order valence-corrected chi connectivity index (χ2v) is 14.4. The van der Waals surface area contributed by atoms with Gasteiger partial charge in [-0.3, -0.25) is 9.59 Å². The van der Waals surface area contributed by atoms with Crippen LogP contribution < -0.4 is 15.4 Å². The number of benzene rings is 3. The molecule has 0 saturated heterocycles. The lowest BCUT2D eigenvalue weighted by atomic mass is 9.99. The first-order valence-corrected chi connectivity index (χ1v) is 17.7. The van der Waals surface area contributed by atoms with E-state index in [-0.39, 0.29) is 35.9 Å². The highest BCUT2D eigenvalue weighted by Gasteiger charge is 2.24. The Hall–Kier alpha value is -4.10. The van der Waals surface area contributed by atoms with Gasteiger partial charge in [-0.15, -0.1) is 11.3 Å². The number of thiazole rings is 1. The quantitative estimate of drug-likeness (QED) is 0.175. The summed E-state index contributed by atoms with van der Waals surface area (Å²) in [5.74, 6) is -0.515. The number of ether oxygens (including phenoxy) is 1. The zero-order chi connectivity index (χ0) is 33.3. The highest BCUT2D eigenvalue weighted by molar-refractivity contribution is 7.89. The van der Waals surface area contributed by atoms with Gasteiger partial charge in [0.1, 0.15) is 10.8 Å². The van der Waals surface area contributed by atoms with E-state index in [2.05, 4.69) is 15.6 Å². The van der Waals surface area contributed by atoms with Gasteiger partial charge in [0, 0.05) is 48.6 Å². The van der Waals surface area contributed by atoms with Crippen LogP contribution in [0.3, 0.4) is 0 Å². The molecule has 2 amide bonds. The Morgan fingerprint density at radius 3 is 2.39 bits per heavy atom. The number of hydrogen-bond acceptors (Lipinski definition) is 9. The number of aliphatic hydroxyl groups excluding tert-OH is 1. The Morgan fingerprint density at radius 2 is 1.72 bits per heavy atom. The van der Waals surface area contributed by atoms with Gasteiger partial charge in [-0.05, 0) is 60.4 Å². The number of sulfone groups is 1. The summed E-state index contributed by atoms with van der Waals surface area (Å²) in [5, 5.41) is 20.1. The van der Waals surface area contributed by atoms with E-state index in [1.165, 1.54) is 34.4 Å². The predicted molar refractivity (Wildman–Crippen MR) is 180 cm³/mol. The van der Waals surface area contributed by atoms with E-state index >= 15 is 0 Å². The molecule has 3 aromatic carbocycles. The SMILES string of the molecule is COc1cccc(CNC[C@@H](O)[C@H](Cc2ccccc2)NC(=O)c2cc(CS(C)(=O)=O)cc(C(=O)N(C)Cc3nc(C)cs3)c2)c1. The van der Waals surface area contributed by atoms with Gasteiger partial charge in [-0.1, -0.05) is 42.5 Å². The molecule has 2 atom stereocenters. The molecule has 244 valence electrons. The van der Waals surface area contributed by atoms with Crippen LogP contribution in [0.15, 0.2) is 78.2 Å². The number of hydrogen-bond donors (Lipinski definition) is 3. The summed E-state index contributed by atoms with van der Waals surface area (Å²) < 4.78 is 29.7. The standard InChI is InChI=1S/C34H40N4O6S2/c1-23-21-45-32(36-23)20-38(2)34(41)28-14-26(22-46(4,42)43)13-27(17-28)33(40)37-30(16-24-9-6-5-7-10-24)31(39)19-35-18-25-11-8-12-29(15-25)44-3/h5-15,17,21,30-31,35,39H,16,18-20,22H2,1-4H3,(H,37,40)/t30-,31+/m0/s1. The van der Waals surface area contributed by atoms with Gasteiger partial charge in [0.15, 0.2) is 9.84 Å². The molecule has 46 heavy (non-hydrogen) atoms.